The summed E-state index contributed by atoms with van der Waals surface area (Å²) in [6.07, 6.45) is 1.89. The Morgan fingerprint density at radius 1 is 0.872 bits per heavy atom. The van der Waals surface area contributed by atoms with Gasteiger partial charge in [0.25, 0.3) is 0 Å². The molecular weight excluding hydrogens is 600 g/mol. The highest BCUT2D eigenvalue weighted by atomic mass is 16.7. The molecule has 9 nitrogen and oxygen atoms in total. The van der Waals surface area contributed by atoms with E-state index in [1.165, 1.54) is 18.1 Å². The predicted octanol–water partition coefficient (Wildman–Crippen LogP) is 4.67. The van der Waals surface area contributed by atoms with Gasteiger partial charge in [0.2, 0.25) is 0 Å². The number of hydrogen-bond acceptors (Lipinski definition) is 9. The van der Waals surface area contributed by atoms with E-state index in [1.54, 1.807) is 0 Å². The Hall–Kier alpha value is -1.33. The lowest BCUT2D eigenvalue weighted by Crippen LogP contribution is -2.70. The zero-order valence-corrected chi connectivity index (χ0v) is 30.1. The second kappa shape index (κ2) is 13.1. The van der Waals surface area contributed by atoms with Crippen molar-refractivity contribution >= 4 is 5.97 Å². The molecule has 5 fully saturated rings. The summed E-state index contributed by atoms with van der Waals surface area (Å²) in [6.45, 7) is 18.7. The summed E-state index contributed by atoms with van der Waals surface area (Å²) in [4.78, 5) is 11.5. The molecule has 0 bridgehead atoms. The van der Waals surface area contributed by atoms with E-state index in [1.807, 2.05) is 0 Å². The summed E-state index contributed by atoms with van der Waals surface area (Å²) >= 11 is 0. The van der Waals surface area contributed by atoms with Gasteiger partial charge in [-0.05, 0) is 111 Å². The fraction of sp³-hybridized carbons (Fsp3) is 0.868. The van der Waals surface area contributed by atoms with Crippen LogP contribution in [0.2, 0.25) is 0 Å². The van der Waals surface area contributed by atoms with Gasteiger partial charge in [-0.2, -0.15) is 0 Å². The van der Waals surface area contributed by atoms with Gasteiger partial charge < -0.3 is 39.7 Å². The van der Waals surface area contributed by atoms with Gasteiger partial charge in [0.15, 0.2) is 6.29 Å². The molecule has 15 atom stereocenters. The summed E-state index contributed by atoms with van der Waals surface area (Å²) in [7, 11) is 0. The quantitative estimate of drug-likeness (QED) is 0.149. The van der Waals surface area contributed by atoms with Crippen molar-refractivity contribution in [2.24, 2.45) is 45.3 Å². The standard InChI is InChI=1S/C38H62O9/c1-20(2)11-10-12-21(3)23-13-16-37(8)29(23)24(40)17-27-36(7)15-14-28(41)35(5,6)33(36)25(18-38(27,37)9)46-34-32(44)31(43)30(42)26(47-34)19-45-22(4)39/h11-12,23-34,40-44H,10,13-19H2,1-9H3/b21-12-/t23-,24-,25+,26-,27-,28+,29+,30-,31+,32-,33+,34-,36-,37-,38-/m1/s1. The van der Waals surface area contributed by atoms with Crippen LogP contribution in [0.3, 0.4) is 0 Å². The first kappa shape index (κ1) is 36.9. The molecule has 0 aromatic rings. The molecule has 268 valence electrons. The number of aliphatic hydroxyl groups is 5. The van der Waals surface area contributed by atoms with Crippen LogP contribution < -0.4 is 0 Å². The Kier molecular flexibility index (Phi) is 10.3. The minimum atomic E-state index is -1.55. The third-order valence-electron chi connectivity index (χ3n) is 14.2. The number of carbonyl (C=O) groups is 1. The maximum Gasteiger partial charge on any atom is 0.302 e. The summed E-state index contributed by atoms with van der Waals surface area (Å²) in [6, 6.07) is 0. The maximum atomic E-state index is 12.1. The van der Waals surface area contributed by atoms with Gasteiger partial charge >= 0.3 is 5.97 Å². The number of allylic oxidation sites excluding steroid dienone is 4. The highest BCUT2D eigenvalue weighted by molar-refractivity contribution is 5.65. The fourth-order valence-electron chi connectivity index (χ4n) is 11.7. The average Bonchev–Trinajstić information content (AvgIpc) is 3.35. The average molecular weight is 663 g/mol. The van der Waals surface area contributed by atoms with Crippen molar-refractivity contribution in [1.29, 1.82) is 0 Å². The van der Waals surface area contributed by atoms with Crippen LogP contribution in [0.15, 0.2) is 23.3 Å². The number of ether oxygens (including phenoxy) is 3. The van der Waals surface area contributed by atoms with Gasteiger partial charge in [0, 0.05) is 6.92 Å². The molecule has 1 aliphatic heterocycles. The van der Waals surface area contributed by atoms with E-state index in [0.717, 1.165) is 25.7 Å². The monoisotopic (exact) mass is 662 g/mol. The molecule has 0 amide bonds. The highest BCUT2D eigenvalue weighted by Crippen LogP contribution is 2.76. The van der Waals surface area contributed by atoms with E-state index >= 15 is 0 Å². The van der Waals surface area contributed by atoms with Crippen LogP contribution in [0.25, 0.3) is 0 Å². The minimum Gasteiger partial charge on any atom is -0.463 e. The Morgan fingerprint density at radius 3 is 2.19 bits per heavy atom. The van der Waals surface area contributed by atoms with Gasteiger partial charge in [0.05, 0.1) is 18.3 Å². The molecule has 4 aliphatic carbocycles. The van der Waals surface area contributed by atoms with Crippen molar-refractivity contribution in [1.82, 2.24) is 0 Å². The van der Waals surface area contributed by atoms with Crippen molar-refractivity contribution < 1.29 is 44.5 Å². The first-order valence-corrected chi connectivity index (χ1v) is 17.9. The third kappa shape index (κ3) is 6.08. The molecule has 0 aromatic heterocycles. The lowest BCUT2D eigenvalue weighted by Gasteiger charge is -2.72. The first-order valence-electron chi connectivity index (χ1n) is 17.9. The molecule has 9 heteroatoms. The molecule has 5 rings (SSSR count). The van der Waals surface area contributed by atoms with E-state index in [-0.39, 0.29) is 46.5 Å². The topological polar surface area (TPSA) is 146 Å². The van der Waals surface area contributed by atoms with Crippen LogP contribution in [0, 0.1) is 45.3 Å². The van der Waals surface area contributed by atoms with Crippen molar-refractivity contribution in [3.05, 3.63) is 23.3 Å². The number of esters is 1. The summed E-state index contributed by atoms with van der Waals surface area (Å²) in [5, 5.41) is 56.1. The van der Waals surface area contributed by atoms with Gasteiger partial charge in [0.1, 0.15) is 31.0 Å². The third-order valence-corrected chi connectivity index (χ3v) is 14.2. The number of carbonyl (C=O) groups excluding carboxylic acids is 1. The van der Waals surface area contributed by atoms with Crippen LogP contribution in [-0.4, -0.2) is 87.1 Å². The van der Waals surface area contributed by atoms with Crippen molar-refractivity contribution in [2.45, 2.75) is 156 Å². The van der Waals surface area contributed by atoms with E-state index in [4.69, 9.17) is 14.2 Å². The number of hydrogen-bond donors (Lipinski definition) is 5. The molecule has 0 unspecified atom stereocenters. The Bertz CT molecular complexity index is 1230. The lowest BCUT2D eigenvalue weighted by atomic mass is 9.34. The molecule has 47 heavy (non-hydrogen) atoms. The van der Waals surface area contributed by atoms with Gasteiger partial charge in [-0.1, -0.05) is 57.9 Å². The smallest absolute Gasteiger partial charge is 0.302 e. The number of fused-ring (bicyclic) bond motifs is 5. The van der Waals surface area contributed by atoms with Crippen LogP contribution in [0.4, 0.5) is 0 Å². The molecule has 0 radical (unpaired) electrons. The largest absolute Gasteiger partial charge is 0.463 e. The molecule has 5 aliphatic rings. The van der Waals surface area contributed by atoms with Crippen LogP contribution in [0.5, 0.6) is 0 Å². The second-order valence-corrected chi connectivity index (χ2v) is 17.4. The van der Waals surface area contributed by atoms with Crippen molar-refractivity contribution in [3.8, 4) is 0 Å². The molecule has 0 aromatic carbocycles. The van der Waals surface area contributed by atoms with Crippen LogP contribution in [-0.2, 0) is 19.0 Å². The van der Waals surface area contributed by atoms with E-state index in [9.17, 15) is 30.3 Å². The summed E-state index contributed by atoms with van der Waals surface area (Å²) < 4.78 is 18.0. The number of aliphatic hydroxyl groups excluding tert-OH is 5. The zero-order valence-electron chi connectivity index (χ0n) is 30.1. The molecule has 0 spiro atoms. The molecule has 1 heterocycles. The maximum absolute atomic E-state index is 12.1. The second-order valence-electron chi connectivity index (χ2n) is 17.4. The normalized spacial score (nSPS) is 49.4. The molecular formula is C38H62O9. The van der Waals surface area contributed by atoms with Gasteiger partial charge in [-0.25, -0.2) is 0 Å². The van der Waals surface area contributed by atoms with E-state index < -0.39 is 60.4 Å². The first-order chi connectivity index (χ1) is 21.8. The molecule has 5 N–H and O–H groups in total. The van der Waals surface area contributed by atoms with E-state index in [0.29, 0.717) is 19.3 Å². The lowest BCUT2D eigenvalue weighted by molar-refractivity contribution is -0.346. The zero-order chi connectivity index (χ0) is 34.9. The van der Waals surface area contributed by atoms with Crippen LogP contribution in [0.1, 0.15) is 107 Å². The van der Waals surface area contributed by atoms with Crippen molar-refractivity contribution in [2.75, 3.05) is 6.61 Å². The van der Waals surface area contributed by atoms with E-state index in [2.05, 4.69) is 67.5 Å². The SMILES string of the molecule is CC(=O)OC[C@H]1O[C@@H](O[C@H]2C[C@]3(C)[C@H](C[C@@H](O)[C@@H]4[C@@H](/C(C)=C\CC=C(C)C)CC[C@]43C)[C@@]3(C)CC[C@H](O)C(C)(C)[C@H]23)[C@H](O)[C@@H](O)[C@@H]1O. The summed E-state index contributed by atoms with van der Waals surface area (Å²) in [5.74, 6) is -0.124. The highest BCUT2D eigenvalue weighted by Gasteiger charge is 2.72. The molecule has 4 saturated carbocycles. The molecule has 1 saturated heterocycles. The van der Waals surface area contributed by atoms with Crippen LogP contribution >= 0.6 is 0 Å². The summed E-state index contributed by atoms with van der Waals surface area (Å²) in [5.41, 5.74) is 1.37. The Morgan fingerprint density at radius 2 is 1.55 bits per heavy atom. The predicted molar refractivity (Wildman–Crippen MR) is 178 cm³/mol. The van der Waals surface area contributed by atoms with Gasteiger partial charge in [-0.3, -0.25) is 4.79 Å². The van der Waals surface area contributed by atoms with Gasteiger partial charge in [-0.15, -0.1) is 0 Å². The fourth-order valence-corrected chi connectivity index (χ4v) is 11.7. The minimum absolute atomic E-state index is 0.0938. The Balaban J connectivity index is 1.53. The van der Waals surface area contributed by atoms with Crippen molar-refractivity contribution in [3.63, 3.8) is 0 Å². The Labute approximate surface area is 281 Å². The number of rotatable bonds is 7.